The van der Waals surface area contributed by atoms with Gasteiger partial charge >= 0.3 is 0 Å². The smallest absolute Gasteiger partial charge is 0.262 e. The molecule has 0 aliphatic heterocycles. The first-order valence-electron chi connectivity index (χ1n) is 10.8. The summed E-state index contributed by atoms with van der Waals surface area (Å²) in [5.41, 5.74) is 3.84. The molecule has 0 unspecified atom stereocenters. The Kier molecular flexibility index (Phi) is 5.66. The van der Waals surface area contributed by atoms with E-state index in [1.54, 1.807) is 22.9 Å². The van der Waals surface area contributed by atoms with E-state index in [0.29, 0.717) is 23.8 Å². The number of nitrogens with one attached hydrogen (secondary N) is 2. The number of amides is 1. The minimum absolute atomic E-state index is 0.000193. The summed E-state index contributed by atoms with van der Waals surface area (Å²) in [5.74, 6) is 0.507. The topological polar surface area (TPSA) is 92.9 Å². The highest BCUT2D eigenvalue weighted by molar-refractivity contribution is 6.04. The monoisotopic (exact) mass is 450 g/mol. The molecular formula is C27H22N4O3. The Bertz CT molecular complexity index is 1500. The number of aryl methyl sites for hydroxylation is 1. The number of hydrogen-bond acceptors (Lipinski definition) is 4. The number of nitrogens with zero attached hydrogens (tertiary/aromatic N) is 2. The zero-order chi connectivity index (χ0) is 23.5. The summed E-state index contributed by atoms with van der Waals surface area (Å²) in [6.45, 7) is 2.49. The Labute approximate surface area is 195 Å². The fraction of sp³-hybridized carbons (Fsp3) is 0.0741. The quantitative estimate of drug-likeness (QED) is 0.376. The van der Waals surface area contributed by atoms with Gasteiger partial charge in [0.15, 0.2) is 0 Å². The highest BCUT2D eigenvalue weighted by Gasteiger charge is 2.17. The molecule has 5 aromatic rings. The third-order valence-corrected chi connectivity index (χ3v) is 5.56. The van der Waals surface area contributed by atoms with Gasteiger partial charge in [0.1, 0.15) is 17.1 Å². The minimum Gasteiger partial charge on any atom is -0.463 e. The lowest BCUT2D eigenvalue weighted by Gasteiger charge is -2.09. The van der Waals surface area contributed by atoms with Crippen molar-refractivity contribution >= 4 is 11.7 Å². The van der Waals surface area contributed by atoms with Crippen molar-refractivity contribution in [2.24, 2.45) is 0 Å². The molecule has 0 spiro atoms. The Morgan fingerprint density at radius 1 is 1.00 bits per heavy atom. The van der Waals surface area contributed by atoms with Crippen molar-refractivity contribution in [1.29, 1.82) is 0 Å². The first kappa shape index (κ1) is 21.2. The van der Waals surface area contributed by atoms with Crippen LogP contribution >= 0.6 is 0 Å². The number of aromatic amines is 1. The number of furan rings is 1. The summed E-state index contributed by atoms with van der Waals surface area (Å²) in [4.78, 5) is 28.4. The van der Waals surface area contributed by atoms with Gasteiger partial charge in [0.05, 0.1) is 24.2 Å². The molecule has 3 aromatic heterocycles. The van der Waals surface area contributed by atoms with Crippen molar-refractivity contribution in [2.45, 2.75) is 13.5 Å². The van der Waals surface area contributed by atoms with Gasteiger partial charge in [-0.25, -0.2) is 4.68 Å². The molecule has 5 rings (SSSR count). The lowest BCUT2D eigenvalue weighted by Crippen LogP contribution is -2.24. The largest absolute Gasteiger partial charge is 0.463 e. The fourth-order valence-corrected chi connectivity index (χ4v) is 3.80. The number of hydrogen-bond donors (Lipinski definition) is 2. The van der Waals surface area contributed by atoms with Gasteiger partial charge < -0.3 is 14.7 Å². The van der Waals surface area contributed by atoms with Crippen LogP contribution in [0.1, 0.15) is 21.5 Å². The minimum atomic E-state index is -0.516. The second-order valence-electron chi connectivity index (χ2n) is 7.92. The Hall–Kier alpha value is -4.65. The standard InChI is InChI=1S/C27H22N4O3/c1-18-8-5-6-11-20(18)23-16-25(31(30-23)17-19-9-3-2-4-10-19)29-27(33)21-13-14-22(28-26(21)32)24-12-7-15-34-24/h2-16H,17H2,1H3,(H,28,32)(H,29,33). The van der Waals surface area contributed by atoms with E-state index in [2.05, 4.69) is 10.3 Å². The van der Waals surface area contributed by atoms with Crippen LogP contribution in [-0.4, -0.2) is 20.7 Å². The number of carbonyl (C=O) groups excluding carboxylic acids is 1. The van der Waals surface area contributed by atoms with Gasteiger partial charge in [-0.1, -0.05) is 54.6 Å². The number of pyridine rings is 1. The van der Waals surface area contributed by atoms with Gasteiger partial charge in [0.2, 0.25) is 0 Å². The summed E-state index contributed by atoms with van der Waals surface area (Å²) in [6.07, 6.45) is 1.52. The molecule has 168 valence electrons. The average molecular weight is 450 g/mol. The summed E-state index contributed by atoms with van der Waals surface area (Å²) >= 11 is 0. The van der Waals surface area contributed by atoms with Crippen molar-refractivity contribution in [2.75, 3.05) is 5.32 Å². The van der Waals surface area contributed by atoms with Gasteiger partial charge in [-0.3, -0.25) is 9.59 Å². The Morgan fingerprint density at radius 2 is 1.79 bits per heavy atom. The third-order valence-electron chi connectivity index (χ3n) is 5.56. The third kappa shape index (κ3) is 4.31. The number of anilines is 1. The van der Waals surface area contributed by atoms with Gasteiger partial charge in [0, 0.05) is 11.6 Å². The molecule has 2 N–H and O–H groups in total. The highest BCUT2D eigenvalue weighted by Crippen LogP contribution is 2.26. The van der Waals surface area contributed by atoms with Crippen molar-refractivity contribution in [3.63, 3.8) is 0 Å². The van der Waals surface area contributed by atoms with Crippen LogP contribution in [0.3, 0.4) is 0 Å². The molecule has 0 aliphatic carbocycles. The number of benzene rings is 2. The summed E-state index contributed by atoms with van der Waals surface area (Å²) in [6, 6.07) is 26.2. The molecule has 0 saturated carbocycles. The molecule has 0 bridgehead atoms. The second kappa shape index (κ2) is 9.07. The SMILES string of the molecule is Cc1ccccc1-c1cc(NC(=O)c2ccc(-c3ccco3)[nH]c2=O)n(Cc2ccccc2)n1. The van der Waals surface area contributed by atoms with E-state index in [4.69, 9.17) is 9.52 Å². The first-order chi connectivity index (χ1) is 16.6. The van der Waals surface area contributed by atoms with Crippen LogP contribution in [0, 0.1) is 6.92 Å². The molecule has 7 nitrogen and oxygen atoms in total. The average Bonchev–Trinajstić information content (AvgIpc) is 3.51. The van der Waals surface area contributed by atoms with E-state index in [1.165, 1.54) is 12.3 Å². The molecule has 0 saturated heterocycles. The van der Waals surface area contributed by atoms with Crippen LogP contribution in [0.5, 0.6) is 0 Å². The lowest BCUT2D eigenvalue weighted by atomic mass is 10.1. The lowest BCUT2D eigenvalue weighted by molar-refractivity contribution is 0.102. The molecule has 1 amide bonds. The van der Waals surface area contributed by atoms with E-state index >= 15 is 0 Å². The molecule has 0 radical (unpaired) electrons. The summed E-state index contributed by atoms with van der Waals surface area (Å²) < 4.78 is 7.05. The highest BCUT2D eigenvalue weighted by atomic mass is 16.3. The van der Waals surface area contributed by atoms with E-state index in [0.717, 1.165) is 22.4 Å². The predicted molar refractivity (Wildman–Crippen MR) is 131 cm³/mol. The molecule has 0 fully saturated rings. The number of carbonyl (C=O) groups is 1. The summed E-state index contributed by atoms with van der Waals surface area (Å²) in [5, 5.41) is 7.63. The van der Waals surface area contributed by atoms with Crippen molar-refractivity contribution in [3.05, 3.63) is 118 Å². The van der Waals surface area contributed by atoms with Crippen molar-refractivity contribution in [1.82, 2.24) is 14.8 Å². The molecule has 0 atom stereocenters. The van der Waals surface area contributed by atoms with Crippen LogP contribution in [-0.2, 0) is 6.54 Å². The molecule has 0 aliphatic rings. The van der Waals surface area contributed by atoms with Crippen LogP contribution in [0.15, 0.2) is 100 Å². The van der Waals surface area contributed by atoms with Crippen LogP contribution < -0.4 is 10.9 Å². The van der Waals surface area contributed by atoms with Crippen LogP contribution in [0.4, 0.5) is 5.82 Å². The van der Waals surface area contributed by atoms with Gasteiger partial charge in [-0.05, 0) is 42.3 Å². The predicted octanol–water partition coefficient (Wildman–Crippen LogP) is 5.11. The van der Waals surface area contributed by atoms with Crippen molar-refractivity contribution in [3.8, 4) is 22.7 Å². The Morgan fingerprint density at radius 3 is 2.53 bits per heavy atom. The molecule has 7 heteroatoms. The van der Waals surface area contributed by atoms with Gasteiger partial charge in [-0.2, -0.15) is 5.10 Å². The van der Waals surface area contributed by atoms with Crippen LogP contribution in [0.25, 0.3) is 22.7 Å². The summed E-state index contributed by atoms with van der Waals surface area (Å²) in [7, 11) is 0. The normalized spacial score (nSPS) is 10.9. The number of H-pyrrole nitrogens is 1. The van der Waals surface area contributed by atoms with Gasteiger partial charge in [0.25, 0.3) is 11.5 Å². The first-order valence-corrected chi connectivity index (χ1v) is 10.8. The second-order valence-corrected chi connectivity index (χ2v) is 7.92. The van der Waals surface area contributed by atoms with E-state index < -0.39 is 11.5 Å². The molecule has 2 aromatic carbocycles. The number of rotatable bonds is 6. The van der Waals surface area contributed by atoms with E-state index in [-0.39, 0.29) is 5.56 Å². The Balaban J connectivity index is 1.48. The molecule has 34 heavy (non-hydrogen) atoms. The maximum atomic E-state index is 13.1. The van der Waals surface area contributed by atoms with Crippen LogP contribution in [0.2, 0.25) is 0 Å². The van der Waals surface area contributed by atoms with E-state index in [9.17, 15) is 9.59 Å². The zero-order valence-electron chi connectivity index (χ0n) is 18.5. The van der Waals surface area contributed by atoms with Crippen molar-refractivity contribution < 1.29 is 9.21 Å². The zero-order valence-corrected chi connectivity index (χ0v) is 18.5. The number of aromatic nitrogens is 3. The fourth-order valence-electron chi connectivity index (χ4n) is 3.80. The molecular weight excluding hydrogens is 428 g/mol. The maximum absolute atomic E-state index is 13.1. The van der Waals surface area contributed by atoms with Gasteiger partial charge in [-0.15, -0.1) is 0 Å². The molecule has 3 heterocycles. The maximum Gasteiger partial charge on any atom is 0.262 e. The van der Waals surface area contributed by atoms with E-state index in [1.807, 2.05) is 67.6 Å².